The number of halogens is 1. The van der Waals surface area contributed by atoms with Gasteiger partial charge in [-0.05, 0) is 55.3 Å². The lowest BCUT2D eigenvalue weighted by Crippen LogP contribution is -2.52. The summed E-state index contributed by atoms with van der Waals surface area (Å²) < 4.78 is 0. The van der Waals surface area contributed by atoms with Crippen LogP contribution in [-0.2, 0) is 4.79 Å². The van der Waals surface area contributed by atoms with Gasteiger partial charge >= 0.3 is 0 Å². The quantitative estimate of drug-likeness (QED) is 0.885. The Morgan fingerprint density at radius 1 is 1.00 bits per heavy atom. The van der Waals surface area contributed by atoms with E-state index in [1.807, 2.05) is 36.4 Å². The second kappa shape index (κ2) is 6.58. The van der Waals surface area contributed by atoms with Crippen molar-refractivity contribution in [2.75, 3.05) is 18.4 Å². The molecular formula is C20H21ClN2O. The normalized spacial score (nSPS) is 24.3. The van der Waals surface area contributed by atoms with E-state index in [9.17, 15) is 4.79 Å². The van der Waals surface area contributed by atoms with Crippen LogP contribution in [0.25, 0.3) is 0 Å². The average molecular weight is 341 g/mol. The smallest absolute Gasteiger partial charge is 0.242 e. The Bertz CT molecular complexity index is 741. The Hall–Kier alpha value is -1.84. The number of anilines is 1. The van der Waals surface area contributed by atoms with Crippen LogP contribution in [0.3, 0.4) is 0 Å². The van der Waals surface area contributed by atoms with Crippen molar-refractivity contribution >= 4 is 23.2 Å². The second-order valence-electron chi connectivity index (χ2n) is 6.65. The molecule has 2 atom stereocenters. The van der Waals surface area contributed by atoms with E-state index in [0.29, 0.717) is 5.02 Å². The Kier molecular flexibility index (Phi) is 4.30. The summed E-state index contributed by atoms with van der Waals surface area (Å²) >= 11 is 6.27. The summed E-state index contributed by atoms with van der Waals surface area (Å²) in [6, 6.07) is 15.9. The molecule has 1 amide bonds. The molecule has 2 aliphatic rings. The van der Waals surface area contributed by atoms with Crippen LogP contribution in [0, 0.1) is 0 Å². The predicted molar refractivity (Wildman–Crippen MR) is 97.6 cm³/mol. The number of likely N-dealkylation sites (tertiary alicyclic amines) is 1. The molecule has 1 fully saturated rings. The van der Waals surface area contributed by atoms with Crippen molar-refractivity contribution in [3.05, 3.63) is 64.7 Å². The van der Waals surface area contributed by atoms with Crippen LogP contribution < -0.4 is 5.32 Å². The molecule has 2 aromatic rings. The van der Waals surface area contributed by atoms with Gasteiger partial charge in [-0.15, -0.1) is 0 Å². The molecule has 1 N–H and O–H groups in total. The number of carbonyl (C=O) groups excluding carboxylic acids is 1. The average Bonchev–Trinajstić information content (AvgIpc) is 2.62. The molecule has 0 bridgehead atoms. The molecule has 124 valence electrons. The van der Waals surface area contributed by atoms with Gasteiger partial charge in [0.2, 0.25) is 5.91 Å². The van der Waals surface area contributed by atoms with Crippen LogP contribution in [0.15, 0.2) is 48.5 Å². The van der Waals surface area contributed by atoms with Gasteiger partial charge in [0, 0.05) is 16.6 Å². The summed E-state index contributed by atoms with van der Waals surface area (Å²) in [5.41, 5.74) is 3.17. The number of piperidine rings is 1. The number of carbonyl (C=O) groups is 1. The number of rotatable bonds is 2. The maximum absolute atomic E-state index is 12.9. The van der Waals surface area contributed by atoms with Gasteiger partial charge in [0.05, 0.1) is 0 Å². The van der Waals surface area contributed by atoms with Crippen LogP contribution in [0.4, 0.5) is 5.69 Å². The molecule has 0 aliphatic carbocycles. The van der Waals surface area contributed by atoms with E-state index in [-0.39, 0.29) is 17.9 Å². The standard InChI is InChI=1S/C20H21ClN2O/c21-15-9-10-17-16(13-15)18(14-7-3-1-4-8-14)19(20(24)22-17)23-11-5-2-6-12-23/h1,3-4,7-10,13,18-19H,2,5-6,11-12H2,(H,22,24). The van der Waals surface area contributed by atoms with Gasteiger partial charge < -0.3 is 5.32 Å². The van der Waals surface area contributed by atoms with E-state index < -0.39 is 0 Å². The number of hydrogen-bond acceptors (Lipinski definition) is 2. The van der Waals surface area contributed by atoms with Gasteiger partial charge in [-0.3, -0.25) is 9.69 Å². The first kappa shape index (κ1) is 15.7. The molecule has 0 spiro atoms. The van der Waals surface area contributed by atoms with E-state index in [4.69, 9.17) is 11.6 Å². The van der Waals surface area contributed by atoms with Crippen molar-refractivity contribution in [2.24, 2.45) is 0 Å². The van der Waals surface area contributed by atoms with Crippen LogP contribution >= 0.6 is 11.6 Å². The lowest BCUT2D eigenvalue weighted by molar-refractivity contribution is -0.122. The lowest BCUT2D eigenvalue weighted by atomic mass is 9.80. The maximum atomic E-state index is 12.9. The monoisotopic (exact) mass is 340 g/mol. The zero-order valence-corrected chi connectivity index (χ0v) is 14.3. The highest BCUT2D eigenvalue weighted by Gasteiger charge is 2.40. The minimum Gasteiger partial charge on any atom is -0.324 e. The highest BCUT2D eigenvalue weighted by Crippen LogP contribution is 2.41. The van der Waals surface area contributed by atoms with Crippen molar-refractivity contribution in [1.29, 1.82) is 0 Å². The Morgan fingerprint density at radius 3 is 2.50 bits per heavy atom. The Labute approximate surface area is 147 Å². The van der Waals surface area contributed by atoms with Gasteiger partial charge in [-0.1, -0.05) is 48.4 Å². The second-order valence-corrected chi connectivity index (χ2v) is 7.09. The third-order valence-electron chi connectivity index (χ3n) is 5.13. The minimum absolute atomic E-state index is 0.0201. The van der Waals surface area contributed by atoms with Crippen molar-refractivity contribution in [3.8, 4) is 0 Å². The first-order valence-corrected chi connectivity index (χ1v) is 9.01. The highest BCUT2D eigenvalue weighted by atomic mass is 35.5. The van der Waals surface area contributed by atoms with Crippen molar-refractivity contribution in [2.45, 2.75) is 31.2 Å². The van der Waals surface area contributed by atoms with Crippen LogP contribution in [0.2, 0.25) is 5.02 Å². The van der Waals surface area contributed by atoms with Gasteiger partial charge in [-0.25, -0.2) is 0 Å². The van der Waals surface area contributed by atoms with E-state index in [1.54, 1.807) is 0 Å². The summed E-state index contributed by atoms with van der Waals surface area (Å²) in [5, 5.41) is 3.81. The molecule has 24 heavy (non-hydrogen) atoms. The number of nitrogens with zero attached hydrogens (tertiary/aromatic N) is 1. The lowest BCUT2D eigenvalue weighted by Gasteiger charge is -2.41. The first-order chi connectivity index (χ1) is 11.7. The van der Waals surface area contributed by atoms with E-state index in [2.05, 4.69) is 22.3 Å². The predicted octanol–water partition coefficient (Wildman–Crippen LogP) is 4.28. The summed E-state index contributed by atoms with van der Waals surface area (Å²) in [5.74, 6) is 0.118. The van der Waals surface area contributed by atoms with Crippen LogP contribution in [-0.4, -0.2) is 29.9 Å². The molecule has 0 aromatic heterocycles. The summed E-state index contributed by atoms with van der Waals surface area (Å²) in [7, 11) is 0. The largest absolute Gasteiger partial charge is 0.324 e. The zero-order valence-electron chi connectivity index (χ0n) is 13.5. The van der Waals surface area contributed by atoms with Crippen molar-refractivity contribution in [3.63, 3.8) is 0 Å². The van der Waals surface area contributed by atoms with E-state index >= 15 is 0 Å². The molecule has 2 unspecified atom stereocenters. The third kappa shape index (κ3) is 2.83. The Morgan fingerprint density at radius 2 is 1.75 bits per heavy atom. The van der Waals surface area contributed by atoms with Crippen molar-refractivity contribution in [1.82, 2.24) is 4.90 Å². The summed E-state index contributed by atoms with van der Waals surface area (Å²) in [6.45, 7) is 1.97. The fourth-order valence-corrected chi connectivity index (χ4v) is 4.21. The van der Waals surface area contributed by atoms with Crippen LogP contribution in [0.5, 0.6) is 0 Å². The molecule has 0 saturated carbocycles. The van der Waals surface area contributed by atoms with Gasteiger partial charge in [-0.2, -0.15) is 0 Å². The molecule has 1 saturated heterocycles. The van der Waals surface area contributed by atoms with Crippen LogP contribution in [0.1, 0.15) is 36.3 Å². The van der Waals surface area contributed by atoms with Gasteiger partial charge in [0.15, 0.2) is 0 Å². The number of benzene rings is 2. The fourth-order valence-electron chi connectivity index (χ4n) is 4.03. The molecular weight excluding hydrogens is 320 g/mol. The topological polar surface area (TPSA) is 32.3 Å². The molecule has 2 aromatic carbocycles. The summed E-state index contributed by atoms with van der Waals surface area (Å²) in [6.07, 6.45) is 3.57. The number of hydrogen-bond donors (Lipinski definition) is 1. The number of nitrogens with one attached hydrogen (secondary N) is 1. The molecule has 2 aliphatic heterocycles. The highest BCUT2D eigenvalue weighted by molar-refractivity contribution is 6.30. The van der Waals surface area contributed by atoms with Crippen molar-refractivity contribution < 1.29 is 4.79 Å². The first-order valence-electron chi connectivity index (χ1n) is 8.63. The van der Waals surface area contributed by atoms with Gasteiger partial charge in [0.25, 0.3) is 0 Å². The molecule has 0 radical (unpaired) electrons. The van der Waals surface area contributed by atoms with Gasteiger partial charge in [0.1, 0.15) is 6.04 Å². The van der Waals surface area contributed by atoms with E-state index in [1.165, 1.54) is 12.0 Å². The number of amides is 1. The molecule has 4 heteroatoms. The van der Waals surface area contributed by atoms with E-state index in [0.717, 1.165) is 37.2 Å². The fraction of sp³-hybridized carbons (Fsp3) is 0.350. The maximum Gasteiger partial charge on any atom is 0.242 e. The third-order valence-corrected chi connectivity index (χ3v) is 5.37. The molecule has 4 rings (SSSR count). The molecule has 3 nitrogen and oxygen atoms in total. The number of fused-ring (bicyclic) bond motifs is 1. The molecule has 2 heterocycles. The SMILES string of the molecule is O=C1Nc2ccc(Cl)cc2C(c2ccccc2)C1N1CCCCC1. The summed E-state index contributed by atoms with van der Waals surface area (Å²) in [4.78, 5) is 15.3. The Balaban J connectivity index is 1.83. The minimum atomic E-state index is -0.168. The zero-order chi connectivity index (χ0) is 16.5.